The van der Waals surface area contributed by atoms with Crippen LogP contribution in [0.5, 0.6) is 0 Å². The Morgan fingerprint density at radius 3 is 2.69 bits per heavy atom. The maximum Gasteiger partial charge on any atom is 0.266 e. The molecular formula is C24H26F3N5O3. The smallest absolute Gasteiger partial charge is 0.266 e. The Hall–Kier alpha value is -3.47. The molecule has 186 valence electrons. The first kappa shape index (κ1) is 20.9. The third-order valence-electron chi connectivity index (χ3n) is 6.47. The average molecular weight is 493 g/mol. The van der Waals surface area contributed by atoms with Gasteiger partial charge in [0.2, 0.25) is 5.91 Å². The number of rotatable bonds is 6. The minimum Gasteiger partial charge on any atom is -0.371 e. The summed E-state index contributed by atoms with van der Waals surface area (Å²) in [4.78, 5) is 35.3. The standard InChI is InChI=1S/C24H26F3N5O3/c1-13(15-6-5-7-16(19(15)25)20(26)27)30-21-17-10-18(23(34)31(3)22(17)29-12-28-21)24(35-4)8-9-32(11-24)14(2)33/h5-7,10,12-13,20H,8-9,11H2,1-4H3,(H,28,29,30)/t13-,24+/m1/s1/i3D3. The van der Waals surface area contributed by atoms with E-state index in [4.69, 9.17) is 8.85 Å². The minimum atomic E-state index is -3.01. The number of hydrogen-bond acceptors (Lipinski definition) is 6. The number of benzene rings is 1. The summed E-state index contributed by atoms with van der Waals surface area (Å²) in [6, 6.07) is 4.19. The van der Waals surface area contributed by atoms with Crippen LogP contribution in [0.1, 0.15) is 53.5 Å². The lowest BCUT2D eigenvalue weighted by atomic mass is 9.92. The average Bonchev–Trinajstić information content (AvgIpc) is 3.29. The van der Waals surface area contributed by atoms with E-state index < -0.39 is 42.0 Å². The van der Waals surface area contributed by atoms with Crippen molar-refractivity contribution >= 4 is 22.8 Å². The monoisotopic (exact) mass is 492 g/mol. The topological polar surface area (TPSA) is 89.4 Å². The molecule has 8 nitrogen and oxygen atoms in total. The van der Waals surface area contributed by atoms with E-state index in [0.717, 1.165) is 12.4 Å². The number of anilines is 1. The lowest BCUT2D eigenvalue weighted by molar-refractivity contribution is -0.129. The van der Waals surface area contributed by atoms with Gasteiger partial charge in [0.25, 0.3) is 12.0 Å². The van der Waals surface area contributed by atoms with Crippen LogP contribution < -0.4 is 10.9 Å². The molecule has 3 aromatic rings. The highest BCUT2D eigenvalue weighted by atomic mass is 19.3. The molecule has 2 aromatic heterocycles. The largest absolute Gasteiger partial charge is 0.371 e. The number of amides is 1. The molecule has 1 amide bonds. The van der Waals surface area contributed by atoms with Gasteiger partial charge in [-0.05, 0) is 13.0 Å². The van der Waals surface area contributed by atoms with Gasteiger partial charge in [0.15, 0.2) is 0 Å². The molecule has 3 heterocycles. The molecular weight excluding hydrogens is 463 g/mol. The van der Waals surface area contributed by atoms with Crippen LogP contribution in [0.15, 0.2) is 35.4 Å². The molecule has 2 atom stereocenters. The number of carbonyl (C=O) groups is 1. The quantitative estimate of drug-likeness (QED) is 0.565. The molecule has 0 saturated carbocycles. The predicted molar refractivity (Wildman–Crippen MR) is 124 cm³/mol. The highest BCUT2D eigenvalue weighted by Gasteiger charge is 2.43. The number of methoxy groups -OCH3 is 1. The first-order valence-electron chi connectivity index (χ1n) is 12.4. The summed E-state index contributed by atoms with van der Waals surface area (Å²) in [5.74, 6) is -1.25. The Kier molecular flexibility index (Phi) is 5.54. The van der Waals surface area contributed by atoms with Crippen molar-refractivity contribution in [2.24, 2.45) is 6.98 Å². The van der Waals surface area contributed by atoms with Crippen molar-refractivity contribution in [2.75, 3.05) is 25.5 Å². The Labute approximate surface area is 204 Å². The summed E-state index contributed by atoms with van der Waals surface area (Å²) in [5, 5.41) is 3.06. The van der Waals surface area contributed by atoms with E-state index in [1.165, 1.54) is 44.1 Å². The number of likely N-dealkylation sites (tertiary alicyclic amines) is 1. The number of pyridine rings is 1. The second-order valence-corrected chi connectivity index (χ2v) is 8.46. The second-order valence-electron chi connectivity index (χ2n) is 8.46. The van der Waals surface area contributed by atoms with E-state index in [9.17, 15) is 22.8 Å². The number of carbonyl (C=O) groups excluding carboxylic acids is 1. The number of nitrogens with zero attached hydrogens (tertiary/aromatic N) is 4. The van der Waals surface area contributed by atoms with Crippen LogP contribution >= 0.6 is 0 Å². The molecule has 1 N–H and O–H groups in total. The van der Waals surface area contributed by atoms with Gasteiger partial charge in [-0.15, -0.1) is 0 Å². The summed E-state index contributed by atoms with van der Waals surface area (Å²) in [5.41, 5.74) is -3.18. The molecule has 1 fully saturated rings. The maximum absolute atomic E-state index is 14.8. The Morgan fingerprint density at radius 2 is 2.06 bits per heavy atom. The normalized spacial score (nSPS) is 20.5. The number of halogens is 3. The molecule has 1 saturated heterocycles. The van der Waals surface area contributed by atoms with Crippen molar-refractivity contribution in [1.29, 1.82) is 0 Å². The van der Waals surface area contributed by atoms with Crippen LogP contribution in [-0.4, -0.2) is 45.5 Å². The van der Waals surface area contributed by atoms with Gasteiger partial charge in [-0.25, -0.2) is 23.1 Å². The molecule has 1 aromatic carbocycles. The number of nitrogens with one attached hydrogen (secondary N) is 1. The lowest BCUT2D eigenvalue weighted by Gasteiger charge is -2.28. The fourth-order valence-corrected chi connectivity index (χ4v) is 4.46. The molecule has 0 radical (unpaired) electrons. The summed E-state index contributed by atoms with van der Waals surface area (Å²) in [7, 11) is 1.37. The fourth-order valence-electron chi connectivity index (χ4n) is 4.46. The van der Waals surface area contributed by atoms with Crippen LogP contribution in [0.4, 0.5) is 19.0 Å². The van der Waals surface area contributed by atoms with Crippen molar-refractivity contribution in [2.45, 2.75) is 38.3 Å². The van der Waals surface area contributed by atoms with Crippen molar-refractivity contribution in [3.8, 4) is 0 Å². The number of ether oxygens (including phenoxy) is 1. The number of hydrogen-bond donors (Lipinski definition) is 1. The predicted octanol–water partition coefficient (Wildman–Crippen LogP) is 3.67. The Bertz CT molecular complexity index is 1450. The van der Waals surface area contributed by atoms with Crippen molar-refractivity contribution < 1.29 is 26.8 Å². The third-order valence-corrected chi connectivity index (χ3v) is 6.47. The van der Waals surface area contributed by atoms with Gasteiger partial charge in [0.1, 0.15) is 29.2 Å². The van der Waals surface area contributed by atoms with E-state index in [-0.39, 0.29) is 46.9 Å². The van der Waals surface area contributed by atoms with Crippen LogP contribution in [-0.2, 0) is 22.1 Å². The minimum absolute atomic E-state index is 0.0104. The molecule has 1 aliphatic rings. The molecule has 1 aliphatic heterocycles. The Balaban J connectivity index is 1.90. The van der Waals surface area contributed by atoms with E-state index in [2.05, 4.69) is 15.3 Å². The number of aromatic nitrogens is 3. The van der Waals surface area contributed by atoms with Gasteiger partial charge in [-0.3, -0.25) is 14.2 Å². The van der Waals surface area contributed by atoms with Gasteiger partial charge < -0.3 is 15.0 Å². The zero-order valence-corrected chi connectivity index (χ0v) is 19.3. The third kappa shape index (κ3) is 4.24. The van der Waals surface area contributed by atoms with Gasteiger partial charge in [0.05, 0.1) is 29.1 Å². The second kappa shape index (κ2) is 9.29. The molecule has 0 unspecified atom stereocenters. The highest BCUT2D eigenvalue weighted by Crippen LogP contribution is 2.36. The molecule has 4 rings (SSSR count). The van der Waals surface area contributed by atoms with E-state index >= 15 is 0 Å². The zero-order chi connectivity index (χ0) is 28.0. The molecule has 35 heavy (non-hydrogen) atoms. The van der Waals surface area contributed by atoms with Gasteiger partial charge in [-0.1, -0.05) is 18.2 Å². The summed E-state index contributed by atoms with van der Waals surface area (Å²) < 4.78 is 71.6. The van der Waals surface area contributed by atoms with Crippen LogP contribution in [0.25, 0.3) is 11.0 Å². The van der Waals surface area contributed by atoms with E-state index in [1.807, 2.05) is 0 Å². The highest BCUT2D eigenvalue weighted by molar-refractivity contribution is 5.87. The van der Waals surface area contributed by atoms with E-state index in [0.29, 0.717) is 11.1 Å². The molecule has 0 aliphatic carbocycles. The zero-order valence-electron chi connectivity index (χ0n) is 22.3. The number of aryl methyl sites for hydroxylation is 1. The summed E-state index contributed by atoms with van der Waals surface area (Å²) >= 11 is 0. The van der Waals surface area contributed by atoms with E-state index in [1.54, 1.807) is 0 Å². The van der Waals surface area contributed by atoms with Crippen molar-refractivity contribution in [3.05, 3.63) is 63.5 Å². The van der Waals surface area contributed by atoms with Gasteiger partial charge >= 0.3 is 0 Å². The SMILES string of the molecule is [2H]C([2H])([2H])n1c(=O)c([C@]2(OC)CCN(C(C)=O)C2)cc2c(N[C@H](C)c3cccc(C(F)F)c3F)ncnc21. The Morgan fingerprint density at radius 1 is 1.31 bits per heavy atom. The first-order valence-corrected chi connectivity index (χ1v) is 10.9. The van der Waals surface area contributed by atoms with Crippen LogP contribution in [0.2, 0.25) is 0 Å². The van der Waals surface area contributed by atoms with Crippen molar-refractivity contribution in [3.63, 3.8) is 0 Å². The molecule has 11 heteroatoms. The van der Waals surface area contributed by atoms with Crippen LogP contribution in [0, 0.1) is 5.82 Å². The number of alkyl halides is 2. The van der Waals surface area contributed by atoms with Crippen LogP contribution in [0.3, 0.4) is 0 Å². The van der Waals surface area contributed by atoms with Crippen molar-refractivity contribution in [1.82, 2.24) is 19.4 Å². The van der Waals surface area contributed by atoms with Gasteiger partial charge in [0, 0.05) is 43.7 Å². The maximum atomic E-state index is 14.8. The lowest BCUT2D eigenvalue weighted by Crippen LogP contribution is -2.40. The summed E-state index contributed by atoms with van der Waals surface area (Å²) in [6.45, 7) is 0.293. The fraction of sp³-hybridized carbons (Fsp3) is 0.417. The first-order chi connectivity index (χ1) is 17.8. The summed E-state index contributed by atoms with van der Waals surface area (Å²) in [6.07, 6.45) is -1.72. The molecule has 0 bridgehead atoms. The van der Waals surface area contributed by atoms with Gasteiger partial charge in [-0.2, -0.15) is 0 Å². The number of fused-ring (bicyclic) bond motifs is 1. The molecule has 0 spiro atoms.